The van der Waals surface area contributed by atoms with Crippen LogP contribution in [0.5, 0.6) is 0 Å². The molecule has 0 N–H and O–H groups in total. The molecule has 4 aromatic carbocycles. The van der Waals surface area contributed by atoms with E-state index in [9.17, 15) is 0 Å². The van der Waals surface area contributed by atoms with E-state index in [0.717, 1.165) is 15.9 Å². The number of nitrogens with zero attached hydrogens (tertiary/aromatic N) is 1. The number of aliphatic imine (C=N–C) groups is 1. The van der Waals surface area contributed by atoms with Crippen LogP contribution in [-0.4, -0.2) is 5.17 Å². The van der Waals surface area contributed by atoms with Crippen molar-refractivity contribution in [3.8, 4) is 0 Å². The Morgan fingerprint density at radius 2 is 1.03 bits per heavy atom. The first-order chi connectivity index (χ1) is 16.0. The van der Waals surface area contributed by atoms with Gasteiger partial charge in [0.1, 0.15) is 0 Å². The van der Waals surface area contributed by atoms with Gasteiger partial charge < -0.3 is 0 Å². The summed E-state index contributed by atoms with van der Waals surface area (Å²) in [6, 6.07) is 37.1. The molecule has 0 saturated heterocycles. The zero-order valence-electron chi connectivity index (χ0n) is 17.5. The van der Waals surface area contributed by atoms with Crippen LogP contribution in [-0.2, 0) is 0 Å². The molecule has 0 aromatic heterocycles. The monoisotopic (exact) mass is 529 g/mol. The van der Waals surface area contributed by atoms with Crippen LogP contribution in [0, 0.1) is 0 Å². The SMILES string of the molecule is Cl/C=C(\N=C(/Cl)c1ccc(Cl)cc1)P(Cl)(c1ccccc1)(c1ccccc1)c1ccccc1. The second kappa shape index (κ2) is 10.0. The number of hydrogen-bond acceptors (Lipinski definition) is 1. The van der Waals surface area contributed by atoms with Gasteiger partial charge in [-0.05, 0) is 0 Å². The van der Waals surface area contributed by atoms with Gasteiger partial charge in [0.2, 0.25) is 0 Å². The quantitative estimate of drug-likeness (QED) is 0.176. The predicted octanol–water partition coefficient (Wildman–Crippen LogP) is 8.05. The van der Waals surface area contributed by atoms with Gasteiger partial charge in [-0.2, -0.15) is 0 Å². The van der Waals surface area contributed by atoms with Crippen molar-refractivity contribution in [3.63, 3.8) is 0 Å². The summed E-state index contributed by atoms with van der Waals surface area (Å²) in [6.45, 7) is 0. The van der Waals surface area contributed by atoms with Crippen LogP contribution in [0.2, 0.25) is 5.02 Å². The fourth-order valence-corrected chi connectivity index (χ4v) is 10.7. The Hall–Kier alpha value is -2.12. The molecule has 0 bridgehead atoms. The molecular weight excluding hydrogens is 511 g/mol. The van der Waals surface area contributed by atoms with Crippen LogP contribution < -0.4 is 15.9 Å². The number of hydrogen-bond donors (Lipinski definition) is 0. The molecule has 0 saturated carbocycles. The second-order valence-corrected chi connectivity index (χ2v) is 14.5. The summed E-state index contributed by atoms with van der Waals surface area (Å²) in [5, 5.41) is 3.64. The van der Waals surface area contributed by atoms with Gasteiger partial charge in [0.15, 0.2) is 0 Å². The van der Waals surface area contributed by atoms with Gasteiger partial charge in [-0.15, -0.1) is 0 Å². The van der Waals surface area contributed by atoms with Crippen molar-refractivity contribution in [3.05, 3.63) is 137 Å². The molecule has 0 aliphatic rings. The predicted molar refractivity (Wildman–Crippen MR) is 149 cm³/mol. The normalized spacial score (nSPS) is 13.9. The van der Waals surface area contributed by atoms with E-state index in [-0.39, 0.29) is 5.17 Å². The third-order valence-electron chi connectivity index (χ3n) is 5.55. The second-order valence-electron chi connectivity index (χ2n) is 7.39. The summed E-state index contributed by atoms with van der Waals surface area (Å²) in [5.74, 6) is -3.88. The van der Waals surface area contributed by atoms with Gasteiger partial charge in [0.25, 0.3) is 0 Å². The minimum atomic E-state index is -3.88. The van der Waals surface area contributed by atoms with E-state index in [0.29, 0.717) is 16.0 Å². The van der Waals surface area contributed by atoms with E-state index in [1.54, 1.807) is 12.1 Å². The fourth-order valence-electron chi connectivity index (χ4n) is 3.93. The first kappa shape index (κ1) is 24.0. The van der Waals surface area contributed by atoms with Crippen LogP contribution in [0.25, 0.3) is 0 Å². The molecule has 0 atom stereocenters. The van der Waals surface area contributed by atoms with Gasteiger partial charge in [0, 0.05) is 0 Å². The third-order valence-corrected chi connectivity index (χ3v) is 13.6. The average Bonchev–Trinajstić information content (AvgIpc) is 2.88. The van der Waals surface area contributed by atoms with Crippen molar-refractivity contribution in [2.75, 3.05) is 0 Å². The van der Waals surface area contributed by atoms with E-state index < -0.39 is 5.96 Å². The van der Waals surface area contributed by atoms with Crippen molar-refractivity contribution >= 4 is 73.1 Å². The summed E-state index contributed by atoms with van der Waals surface area (Å²) in [5.41, 5.74) is 2.66. The van der Waals surface area contributed by atoms with Crippen LogP contribution in [0.1, 0.15) is 5.56 Å². The van der Waals surface area contributed by atoms with Crippen LogP contribution in [0.3, 0.4) is 0 Å². The van der Waals surface area contributed by atoms with Crippen molar-refractivity contribution in [2.45, 2.75) is 0 Å². The maximum absolute atomic E-state index is 8.09. The molecule has 0 spiro atoms. The van der Waals surface area contributed by atoms with Gasteiger partial charge in [-0.25, -0.2) is 0 Å². The van der Waals surface area contributed by atoms with Gasteiger partial charge in [0.05, 0.1) is 0 Å². The summed E-state index contributed by atoms with van der Waals surface area (Å²) in [6.07, 6.45) is 0. The molecule has 166 valence electrons. The van der Waals surface area contributed by atoms with Gasteiger partial charge >= 0.3 is 215 Å². The first-order valence-corrected chi connectivity index (χ1v) is 14.5. The summed E-state index contributed by atoms with van der Waals surface area (Å²) >= 11 is 27.4. The van der Waals surface area contributed by atoms with Gasteiger partial charge in [-0.1, -0.05) is 0 Å². The molecule has 0 aliphatic heterocycles. The Labute approximate surface area is 214 Å². The van der Waals surface area contributed by atoms with Crippen LogP contribution in [0.4, 0.5) is 0 Å². The summed E-state index contributed by atoms with van der Waals surface area (Å²) in [4.78, 5) is 4.86. The number of benzene rings is 4. The number of halogens is 4. The zero-order valence-corrected chi connectivity index (χ0v) is 21.4. The molecule has 1 nitrogen and oxygen atoms in total. The summed E-state index contributed by atoms with van der Waals surface area (Å²) in [7, 11) is 0. The van der Waals surface area contributed by atoms with E-state index in [1.165, 1.54) is 5.54 Å². The molecule has 0 aliphatic carbocycles. The molecule has 6 heteroatoms. The van der Waals surface area contributed by atoms with Crippen LogP contribution in [0.15, 0.2) is 131 Å². The minimum absolute atomic E-state index is 0.274. The topological polar surface area (TPSA) is 12.4 Å². The van der Waals surface area contributed by atoms with Crippen molar-refractivity contribution < 1.29 is 0 Å². The Morgan fingerprint density at radius 1 is 0.636 bits per heavy atom. The van der Waals surface area contributed by atoms with Crippen LogP contribution >= 0.6 is 52.0 Å². The standard InChI is InChI=1S/C27H20Cl4NP/c28-20-26(32-27(30)21-16-18-22(29)19-17-21)33(31,23-10-4-1-5-11-23,24-12-6-2-7-13-24)25-14-8-3-9-15-25/h1-20H/b26-20+,32-27-. The zero-order chi connectivity index (χ0) is 23.3. The Bertz CT molecular complexity index is 1190. The molecule has 0 unspecified atom stereocenters. The van der Waals surface area contributed by atoms with E-state index in [1.807, 2.05) is 103 Å². The van der Waals surface area contributed by atoms with E-state index in [2.05, 4.69) is 0 Å². The molecule has 0 heterocycles. The molecule has 4 rings (SSSR count). The molecule has 4 aromatic rings. The third kappa shape index (κ3) is 4.26. The molecule has 0 radical (unpaired) electrons. The molecular formula is C27H20Cl4NP. The van der Waals surface area contributed by atoms with Crippen molar-refractivity contribution in [1.29, 1.82) is 0 Å². The molecule has 0 amide bonds. The number of rotatable bonds is 6. The first-order valence-electron chi connectivity index (χ1n) is 10.2. The van der Waals surface area contributed by atoms with E-state index >= 15 is 0 Å². The van der Waals surface area contributed by atoms with Crippen molar-refractivity contribution in [2.24, 2.45) is 4.99 Å². The molecule has 0 fully saturated rings. The Balaban J connectivity index is 2.10. The fraction of sp³-hybridized carbons (Fsp3) is 0. The van der Waals surface area contributed by atoms with Gasteiger partial charge in [-0.3, -0.25) is 0 Å². The average molecular weight is 531 g/mol. The Kier molecular flexibility index (Phi) is 7.29. The molecule has 33 heavy (non-hydrogen) atoms. The van der Waals surface area contributed by atoms with Crippen molar-refractivity contribution in [1.82, 2.24) is 0 Å². The van der Waals surface area contributed by atoms with E-state index in [4.69, 9.17) is 51.0 Å². The summed E-state index contributed by atoms with van der Waals surface area (Å²) < 4.78 is 0. The Morgan fingerprint density at radius 3 is 1.39 bits per heavy atom. The maximum atomic E-state index is 8.09.